The van der Waals surface area contributed by atoms with E-state index in [1.165, 1.54) is 36.7 Å². The summed E-state index contributed by atoms with van der Waals surface area (Å²) in [5, 5.41) is 13.7. The average molecular weight is 977 g/mol. The lowest BCUT2D eigenvalue weighted by molar-refractivity contribution is -0.294. The Morgan fingerprint density at radius 3 is 2.42 bits per heavy atom. The molecule has 1 amide bonds. The molecule has 13 atom stereocenters. The van der Waals surface area contributed by atoms with Crippen LogP contribution in [0.15, 0.2) is 36.6 Å². The van der Waals surface area contributed by atoms with Crippen LogP contribution in [0.25, 0.3) is 11.0 Å². The summed E-state index contributed by atoms with van der Waals surface area (Å²) in [6, 6.07) is -0.241. The SMILES string of the molecule is CC[C@H]1OC(=O)/C(C)=C\[C@H](C)[C@@H](O[C@@H]2O[C@H](C)C[C@H](N(C)C)[C@H]2O)[C@](C)(OC)C[C@@H](C)C(=O)[C@H](C)[C@H]2[C@H](SCCn3cnc4c(N)ncc(C(=O)Nc5c(Cl)cncc5Cl)c43)C(=O)O[C@@]21C. The molecule has 0 spiro atoms. The van der Waals surface area contributed by atoms with E-state index in [9.17, 15) is 24.3 Å². The van der Waals surface area contributed by atoms with Gasteiger partial charge in [-0.25, -0.2) is 14.8 Å². The number of carbonyl (C=O) groups is 4. The number of pyridine rings is 2. The molecule has 0 aliphatic carbocycles. The summed E-state index contributed by atoms with van der Waals surface area (Å²) >= 11 is 13.9. The molecular formula is C46H63Cl2N7O10S. The number of aryl methyl sites for hydroxylation is 1. The zero-order valence-electron chi connectivity index (χ0n) is 39.4. The van der Waals surface area contributed by atoms with Crippen molar-refractivity contribution in [2.45, 2.75) is 134 Å². The van der Waals surface area contributed by atoms with Gasteiger partial charge in [-0.2, -0.15) is 0 Å². The second-order valence-corrected chi connectivity index (χ2v) is 20.6. The molecule has 20 heteroatoms. The van der Waals surface area contributed by atoms with E-state index in [1.807, 2.05) is 53.6 Å². The number of cyclic esters (lactones) is 1. The second-order valence-electron chi connectivity index (χ2n) is 18.5. The first kappa shape index (κ1) is 51.5. The van der Waals surface area contributed by atoms with Gasteiger partial charge in [0.05, 0.1) is 50.9 Å². The number of aromatic nitrogens is 4. The molecule has 3 aliphatic heterocycles. The van der Waals surface area contributed by atoms with E-state index in [0.717, 1.165) is 0 Å². The average Bonchev–Trinajstić information content (AvgIpc) is 3.80. The van der Waals surface area contributed by atoms with Crippen molar-refractivity contribution in [1.29, 1.82) is 0 Å². The van der Waals surface area contributed by atoms with Crippen molar-refractivity contribution in [3.05, 3.63) is 52.2 Å². The third-order valence-electron chi connectivity index (χ3n) is 13.6. The Balaban J connectivity index is 1.31. The van der Waals surface area contributed by atoms with Gasteiger partial charge in [-0.1, -0.05) is 57.0 Å². The number of esters is 2. The predicted octanol–water partition coefficient (Wildman–Crippen LogP) is 6.37. The Morgan fingerprint density at radius 2 is 1.79 bits per heavy atom. The number of aliphatic hydroxyl groups excluding tert-OH is 1. The molecular weight excluding hydrogens is 914 g/mol. The van der Waals surface area contributed by atoms with Crippen LogP contribution in [0.4, 0.5) is 11.5 Å². The molecule has 4 N–H and O–H groups in total. The summed E-state index contributed by atoms with van der Waals surface area (Å²) in [4.78, 5) is 71.4. The Labute approximate surface area is 400 Å². The molecule has 6 heterocycles. The number of nitrogens with two attached hydrogens (primary N) is 1. The van der Waals surface area contributed by atoms with Gasteiger partial charge < -0.3 is 49.3 Å². The number of anilines is 2. The normalized spacial score (nSPS) is 34.3. The van der Waals surface area contributed by atoms with Crippen LogP contribution in [0.3, 0.4) is 0 Å². The van der Waals surface area contributed by atoms with E-state index in [4.69, 9.17) is 52.6 Å². The highest BCUT2D eigenvalue weighted by Crippen LogP contribution is 2.49. The highest BCUT2D eigenvalue weighted by atomic mass is 35.5. The molecule has 66 heavy (non-hydrogen) atoms. The predicted molar refractivity (Wildman–Crippen MR) is 252 cm³/mol. The molecule has 362 valence electrons. The monoisotopic (exact) mass is 975 g/mol. The highest BCUT2D eigenvalue weighted by molar-refractivity contribution is 8.00. The van der Waals surface area contributed by atoms with Crippen molar-refractivity contribution >= 4 is 81.1 Å². The van der Waals surface area contributed by atoms with Crippen LogP contribution in [-0.2, 0) is 44.6 Å². The lowest BCUT2D eigenvalue weighted by atomic mass is 9.70. The molecule has 0 radical (unpaired) electrons. The highest BCUT2D eigenvalue weighted by Gasteiger charge is 2.61. The number of rotatable bonds is 11. The minimum atomic E-state index is -1.39. The van der Waals surface area contributed by atoms with Gasteiger partial charge in [0.15, 0.2) is 17.7 Å². The fourth-order valence-electron chi connectivity index (χ4n) is 10.1. The molecule has 2 saturated heterocycles. The molecule has 3 aliphatic rings. The molecule has 6 rings (SSSR count). The van der Waals surface area contributed by atoms with Crippen LogP contribution in [-0.4, -0.2) is 133 Å². The maximum atomic E-state index is 14.9. The first-order chi connectivity index (χ1) is 31.1. The van der Waals surface area contributed by atoms with Gasteiger partial charge in [0.1, 0.15) is 28.8 Å². The number of Topliss-reactive ketones (excluding diaryl/α,β-unsaturated/α-hetero) is 1. The van der Waals surface area contributed by atoms with Crippen molar-refractivity contribution in [3.63, 3.8) is 0 Å². The van der Waals surface area contributed by atoms with Crippen molar-refractivity contribution in [2.75, 3.05) is 38.0 Å². The Morgan fingerprint density at radius 1 is 1.11 bits per heavy atom. The fraction of sp³-hybridized carbons (Fsp3) is 0.630. The van der Waals surface area contributed by atoms with Crippen LogP contribution >= 0.6 is 35.0 Å². The van der Waals surface area contributed by atoms with E-state index in [0.29, 0.717) is 28.8 Å². The van der Waals surface area contributed by atoms with Crippen LogP contribution < -0.4 is 11.1 Å². The van der Waals surface area contributed by atoms with E-state index in [1.54, 1.807) is 38.5 Å². The topological polar surface area (TPSA) is 220 Å². The van der Waals surface area contributed by atoms with Gasteiger partial charge in [0.25, 0.3) is 5.91 Å². The van der Waals surface area contributed by atoms with Gasteiger partial charge >= 0.3 is 11.9 Å². The largest absolute Gasteiger partial charge is 0.455 e. The summed E-state index contributed by atoms with van der Waals surface area (Å²) < 4.78 is 33.5. The Bertz CT molecular complexity index is 2310. The van der Waals surface area contributed by atoms with Gasteiger partial charge in [-0.15, -0.1) is 11.8 Å². The lowest BCUT2D eigenvalue weighted by Gasteiger charge is -2.46. The number of nitrogens with zero attached hydrogens (tertiary/aromatic N) is 5. The molecule has 2 fully saturated rings. The number of imidazole rings is 1. The number of methoxy groups -OCH3 is 1. The summed E-state index contributed by atoms with van der Waals surface area (Å²) in [6.45, 7) is 14.8. The first-order valence-corrected chi connectivity index (χ1v) is 24.0. The summed E-state index contributed by atoms with van der Waals surface area (Å²) in [5.74, 6) is -4.08. The number of nitrogens with one attached hydrogen (secondary N) is 1. The Hall–Kier alpha value is -3.88. The van der Waals surface area contributed by atoms with Gasteiger partial charge in [0, 0.05) is 73.3 Å². The molecule has 0 unspecified atom stereocenters. The molecule has 3 aromatic rings. The first-order valence-electron chi connectivity index (χ1n) is 22.2. The molecule has 0 bridgehead atoms. The number of thioether (sulfide) groups is 1. The maximum absolute atomic E-state index is 14.9. The van der Waals surface area contributed by atoms with Crippen LogP contribution in [0, 0.1) is 23.7 Å². The third-order valence-corrected chi connectivity index (χ3v) is 15.4. The second kappa shape index (κ2) is 20.8. The summed E-state index contributed by atoms with van der Waals surface area (Å²) in [5.41, 5.74) is 5.00. The number of halogens is 2. The molecule has 3 aromatic heterocycles. The number of likely N-dealkylation sites (N-methyl/N-ethyl adjacent to an activating group) is 1. The number of hydrogen-bond donors (Lipinski definition) is 3. The number of carbonyl (C=O) groups excluding carboxylic acids is 4. The fourth-order valence-corrected chi connectivity index (χ4v) is 12.0. The van der Waals surface area contributed by atoms with Crippen LogP contribution in [0.1, 0.15) is 85.0 Å². The quantitative estimate of drug-likeness (QED) is 0.178. The third kappa shape index (κ3) is 10.3. The van der Waals surface area contributed by atoms with Gasteiger partial charge in [0.2, 0.25) is 0 Å². The summed E-state index contributed by atoms with van der Waals surface area (Å²) in [6.07, 6.45) is 4.46. The Kier molecular flexibility index (Phi) is 16.2. The number of ketones is 1. The van der Waals surface area contributed by atoms with Crippen molar-refractivity contribution < 1.29 is 48.0 Å². The maximum Gasteiger partial charge on any atom is 0.333 e. The number of amides is 1. The van der Waals surface area contributed by atoms with Crippen molar-refractivity contribution in [1.82, 2.24) is 24.4 Å². The van der Waals surface area contributed by atoms with Crippen molar-refractivity contribution in [2.24, 2.45) is 23.7 Å². The van der Waals surface area contributed by atoms with E-state index in [2.05, 4.69) is 20.3 Å². The minimum absolute atomic E-state index is 0.110. The zero-order chi connectivity index (χ0) is 48.6. The molecule has 0 saturated carbocycles. The van der Waals surface area contributed by atoms with Gasteiger partial charge in [-0.05, 0) is 61.1 Å². The summed E-state index contributed by atoms with van der Waals surface area (Å²) in [7, 11) is 5.34. The number of ether oxygens (including phenoxy) is 5. The number of fused-ring (bicyclic) bond motifs is 2. The zero-order valence-corrected chi connectivity index (χ0v) is 41.7. The standard InChI is InChI=1S/C46H63Cl2N7O10S/c1-12-31-46(8)32(38(43(60)65-46)66-14-13-55-21-52-34-35(55)27(18-51-40(34)49)41(58)53-33-28(47)19-50-20-29(33)48)26(6)36(56)24(4)17-45(7,61-11)39(22(2)15-23(3)42(59)63-31)64-44-37(57)30(54(9)10)16-25(5)62-44/h15,18-22,24-26,30-32,37-39,44,57H,12-14,16-17H2,1-11H3,(H2,49,51)(H,50,53,58)/b23-15-/t22-,24+,25+,26+,30-,31+,32-,37+,38-,39+,44-,45+,46+/m0/s1. The number of hydrogen-bond acceptors (Lipinski definition) is 16. The smallest absolute Gasteiger partial charge is 0.333 e. The molecule has 0 aromatic carbocycles. The van der Waals surface area contributed by atoms with E-state index >= 15 is 0 Å². The van der Waals surface area contributed by atoms with Crippen LogP contribution in [0.2, 0.25) is 10.0 Å². The lowest BCUT2D eigenvalue weighted by Crippen LogP contribution is -2.58. The number of aliphatic hydroxyl groups is 1. The molecule has 17 nitrogen and oxygen atoms in total. The van der Waals surface area contributed by atoms with Crippen LogP contribution in [0.5, 0.6) is 0 Å². The van der Waals surface area contributed by atoms with E-state index < -0.39 is 82.6 Å². The van der Waals surface area contributed by atoms with E-state index in [-0.39, 0.29) is 64.4 Å². The number of nitrogen functional groups attached to an aromatic ring is 1. The minimum Gasteiger partial charge on any atom is -0.455 e. The van der Waals surface area contributed by atoms with Crippen molar-refractivity contribution in [3.8, 4) is 0 Å². The van der Waals surface area contributed by atoms with Gasteiger partial charge in [-0.3, -0.25) is 19.4 Å².